The second-order valence-electron chi connectivity index (χ2n) is 3.89. The lowest BCUT2D eigenvalue weighted by Crippen LogP contribution is -2.25. The molecule has 19 heavy (non-hydrogen) atoms. The highest BCUT2D eigenvalue weighted by Gasteiger charge is 2.13. The zero-order valence-corrected chi connectivity index (χ0v) is 12.3. The maximum absolute atomic E-state index is 11.8. The maximum atomic E-state index is 11.8. The Hall–Kier alpha value is -1.53. The first-order chi connectivity index (χ1) is 9.08. The molecule has 2 rings (SSSR count). The molecule has 4 nitrogen and oxygen atoms in total. The van der Waals surface area contributed by atoms with Crippen LogP contribution in [0.25, 0.3) is 0 Å². The van der Waals surface area contributed by atoms with Crippen molar-refractivity contribution in [2.75, 3.05) is 6.54 Å². The number of phenols is 2. The summed E-state index contributed by atoms with van der Waals surface area (Å²) in [4.78, 5) is 13.0. The van der Waals surface area contributed by atoms with Gasteiger partial charge in [0.05, 0.1) is 9.35 Å². The molecule has 1 amide bonds. The van der Waals surface area contributed by atoms with E-state index < -0.39 is 5.91 Å². The minimum absolute atomic E-state index is 0.0763. The van der Waals surface area contributed by atoms with Crippen molar-refractivity contribution in [1.29, 1.82) is 0 Å². The van der Waals surface area contributed by atoms with E-state index in [2.05, 4.69) is 21.2 Å². The first-order valence-electron chi connectivity index (χ1n) is 5.61. The van der Waals surface area contributed by atoms with Crippen molar-refractivity contribution in [1.82, 2.24) is 5.32 Å². The minimum Gasteiger partial charge on any atom is -0.504 e. The topological polar surface area (TPSA) is 69.6 Å². The third-order valence-electron chi connectivity index (χ3n) is 2.55. The van der Waals surface area contributed by atoms with Crippen molar-refractivity contribution >= 4 is 33.2 Å². The molecular weight excluding hydrogens is 330 g/mol. The number of halogens is 1. The van der Waals surface area contributed by atoms with Gasteiger partial charge in [-0.1, -0.05) is 6.07 Å². The molecule has 0 aliphatic carbocycles. The molecule has 0 aliphatic rings. The fraction of sp³-hybridized carbons (Fsp3) is 0.154. The number of carbonyl (C=O) groups excluding carboxylic acids is 1. The van der Waals surface area contributed by atoms with Gasteiger partial charge in [0.1, 0.15) is 0 Å². The molecule has 0 fully saturated rings. The monoisotopic (exact) mass is 341 g/mol. The lowest BCUT2D eigenvalue weighted by molar-refractivity contribution is 0.0951. The molecule has 0 spiro atoms. The molecule has 6 heteroatoms. The van der Waals surface area contributed by atoms with E-state index in [1.165, 1.54) is 18.2 Å². The number of hydrogen-bond acceptors (Lipinski definition) is 4. The smallest absolute Gasteiger partial charge is 0.255 e. The van der Waals surface area contributed by atoms with Gasteiger partial charge in [0.25, 0.3) is 5.91 Å². The summed E-state index contributed by atoms with van der Waals surface area (Å²) in [6.45, 7) is 0.473. The minimum atomic E-state index is -0.399. The number of thiophene rings is 1. The molecule has 0 atom stereocenters. The highest BCUT2D eigenvalue weighted by Crippen LogP contribution is 2.28. The van der Waals surface area contributed by atoms with E-state index in [0.717, 1.165) is 15.1 Å². The molecule has 1 aromatic carbocycles. The number of carbonyl (C=O) groups is 1. The summed E-state index contributed by atoms with van der Waals surface area (Å²) in [6, 6.07) is 8.26. The Labute approximate surface area is 122 Å². The predicted molar refractivity (Wildman–Crippen MR) is 77.8 cm³/mol. The summed E-state index contributed by atoms with van der Waals surface area (Å²) in [6.07, 6.45) is 0.724. The molecule has 0 unspecified atom stereocenters. The third kappa shape index (κ3) is 3.48. The number of amides is 1. The van der Waals surface area contributed by atoms with Gasteiger partial charge in [0, 0.05) is 11.4 Å². The second kappa shape index (κ2) is 6.08. The van der Waals surface area contributed by atoms with E-state index in [1.807, 2.05) is 12.1 Å². The number of aromatic hydroxyl groups is 2. The maximum Gasteiger partial charge on any atom is 0.255 e. The molecule has 1 heterocycles. The molecule has 3 N–H and O–H groups in total. The number of para-hydroxylation sites is 1. The van der Waals surface area contributed by atoms with Crippen LogP contribution in [0.15, 0.2) is 34.1 Å². The first-order valence-corrected chi connectivity index (χ1v) is 7.22. The summed E-state index contributed by atoms with van der Waals surface area (Å²) in [5.74, 6) is -1.09. The molecule has 0 aliphatic heterocycles. The van der Waals surface area contributed by atoms with E-state index in [9.17, 15) is 15.0 Å². The van der Waals surface area contributed by atoms with Crippen LogP contribution in [0.5, 0.6) is 11.5 Å². The quantitative estimate of drug-likeness (QED) is 0.749. The van der Waals surface area contributed by atoms with Crippen LogP contribution in [-0.2, 0) is 6.42 Å². The van der Waals surface area contributed by atoms with Crippen molar-refractivity contribution in [3.8, 4) is 11.5 Å². The van der Waals surface area contributed by atoms with Crippen molar-refractivity contribution in [3.63, 3.8) is 0 Å². The molecule has 2 aromatic rings. The summed E-state index contributed by atoms with van der Waals surface area (Å²) in [7, 11) is 0. The van der Waals surface area contributed by atoms with Gasteiger partial charge >= 0.3 is 0 Å². The van der Waals surface area contributed by atoms with Crippen molar-refractivity contribution in [2.45, 2.75) is 6.42 Å². The highest BCUT2D eigenvalue weighted by molar-refractivity contribution is 9.11. The van der Waals surface area contributed by atoms with Crippen LogP contribution in [-0.4, -0.2) is 22.7 Å². The average Bonchev–Trinajstić information content (AvgIpc) is 2.78. The van der Waals surface area contributed by atoms with E-state index >= 15 is 0 Å². The van der Waals surface area contributed by atoms with Gasteiger partial charge in [-0.05, 0) is 46.6 Å². The van der Waals surface area contributed by atoms with E-state index in [0.29, 0.717) is 6.54 Å². The summed E-state index contributed by atoms with van der Waals surface area (Å²) in [5.41, 5.74) is 0.0763. The Morgan fingerprint density at radius 3 is 2.74 bits per heavy atom. The first kappa shape index (κ1) is 13.9. The van der Waals surface area contributed by atoms with Crippen LogP contribution < -0.4 is 5.32 Å². The number of hydrogen-bond donors (Lipinski definition) is 3. The van der Waals surface area contributed by atoms with Gasteiger partial charge in [-0.2, -0.15) is 0 Å². The SMILES string of the molecule is O=C(NCCc1ccc(Br)s1)c1cccc(O)c1O. The van der Waals surface area contributed by atoms with Crippen LogP contribution in [0, 0.1) is 0 Å². The van der Waals surface area contributed by atoms with Gasteiger partial charge in [0.2, 0.25) is 0 Å². The van der Waals surface area contributed by atoms with Crippen LogP contribution in [0.2, 0.25) is 0 Å². The van der Waals surface area contributed by atoms with Gasteiger partial charge < -0.3 is 15.5 Å². The Morgan fingerprint density at radius 1 is 1.26 bits per heavy atom. The number of rotatable bonds is 4. The zero-order chi connectivity index (χ0) is 13.8. The number of benzene rings is 1. The molecule has 0 saturated heterocycles. The molecule has 0 radical (unpaired) electrons. The summed E-state index contributed by atoms with van der Waals surface area (Å²) >= 11 is 4.99. The lowest BCUT2D eigenvalue weighted by atomic mass is 10.1. The normalized spacial score (nSPS) is 10.4. The largest absolute Gasteiger partial charge is 0.504 e. The molecule has 100 valence electrons. The van der Waals surface area contributed by atoms with Crippen LogP contribution in [0.4, 0.5) is 0 Å². The van der Waals surface area contributed by atoms with E-state index in [4.69, 9.17) is 0 Å². The van der Waals surface area contributed by atoms with Crippen LogP contribution in [0.3, 0.4) is 0 Å². The highest BCUT2D eigenvalue weighted by atomic mass is 79.9. The van der Waals surface area contributed by atoms with Gasteiger partial charge in [-0.3, -0.25) is 4.79 Å². The van der Waals surface area contributed by atoms with E-state index in [-0.39, 0.29) is 17.1 Å². The second-order valence-corrected chi connectivity index (χ2v) is 6.43. The van der Waals surface area contributed by atoms with E-state index in [1.54, 1.807) is 11.3 Å². The average molecular weight is 342 g/mol. The molecule has 1 aromatic heterocycles. The summed E-state index contributed by atoms with van der Waals surface area (Å²) < 4.78 is 1.06. The van der Waals surface area contributed by atoms with Crippen molar-refractivity contribution < 1.29 is 15.0 Å². The Bertz CT molecular complexity index is 597. The number of phenolic OH excluding ortho intramolecular Hbond substituents is 2. The third-order valence-corrected chi connectivity index (χ3v) is 4.23. The summed E-state index contributed by atoms with van der Waals surface area (Å²) in [5, 5.41) is 21.6. The van der Waals surface area contributed by atoms with Crippen LogP contribution in [0.1, 0.15) is 15.2 Å². The van der Waals surface area contributed by atoms with Crippen molar-refractivity contribution in [2.24, 2.45) is 0 Å². The molecule has 0 bridgehead atoms. The van der Waals surface area contributed by atoms with Crippen LogP contribution >= 0.6 is 27.3 Å². The Balaban J connectivity index is 1.93. The lowest BCUT2D eigenvalue weighted by Gasteiger charge is -2.07. The number of nitrogens with one attached hydrogen (secondary N) is 1. The van der Waals surface area contributed by atoms with Crippen molar-refractivity contribution in [3.05, 3.63) is 44.6 Å². The Morgan fingerprint density at radius 2 is 2.05 bits per heavy atom. The standard InChI is InChI=1S/C13H12BrNO3S/c14-11-5-4-8(19-11)6-7-15-13(18)9-2-1-3-10(16)12(9)17/h1-5,16-17H,6-7H2,(H,15,18). The van der Waals surface area contributed by atoms with Gasteiger partial charge in [-0.15, -0.1) is 11.3 Å². The van der Waals surface area contributed by atoms with Gasteiger partial charge in [-0.25, -0.2) is 0 Å². The molecular formula is C13H12BrNO3S. The Kier molecular flexibility index (Phi) is 4.44. The fourth-order valence-electron chi connectivity index (χ4n) is 1.60. The molecule has 0 saturated carbocycles. The fourth-order valence-corrected chi connectivity index (χ4v) is 3.08. The predicted octanol–water partition coefficient (Wildman–Crippen LogP) is 2.89. The van der Waals surface area contributed by atoms with Gasteiger partial charge in [0.15, 0.2) is 11.5 Å². The zero-order valence-electron chi connectivity index (χ0n) is 9.89.